The molecule has 1 heterocycles. The van der Waals surface area contributed by atoms with Crippen molar-refractivity contribution in [3.63, 3.8) is 0 Å². The second-order valence-electron chi connectivity index (χ2n) is 4.45. The number of oxazole rings is 1. The van der Waals surface area contributed by atoms with Gasteiger partial charge in [-0.25, -0.2) is 4.79 Å². The fourth-order valence-corrected chi connectivity index (χ4v) is 1.81. The van der Waals surface area contributed by atoms with E-state index in [1.165, 1.54) is 4.57 Å². The molecule has 1 aromatic heterocycles. The predicted octanol–water partition coefficient (Wildman–Crippen LogP) is 1.55. The average Bonchev–Trinajstić information content (AvgIpc) is 2.61. The van der Waals surface area contributed by atoms with E-state index >= 15 is 0 Å². The highest BCUT2D eigenvalue weighted by Crippen LogP contribution is 2.20. The van der Waals surface area contributed by atoms with Gasteiger partial charge in [-0.15, -0.1) is 0 Å². The van der Waals surface area contributed by atoms with Gasteiger partial charge in [0, 0.05) is 38.8 Å². The monoisotopic (exact) mass is 248 g/mol. The van der Waals surface area contributed by atoms with Gasteiger partial charge in [0.25, 0.3) is 0 Å². The Labute approximate surface area is 105 Å². The van der Waals surface area contributed by atoms with Gasteiger partial charge < -0.3 is 9.32 Å². The molecule has 0 amide bonds. The van der Waals surface area contributed by atoms with Crippen molar-refractivity contribution in [3.8, 4) is 0 Å². The number of anilines is 1. The number of fused-ring (bicyclic) bond motifs is 1. The minimum atomic E-state index is -0.367. The molecule has 0 aliphatic carbocycles. The normalized spacial score (nSPS) is 10.8. The van der Waals surface area contributed by atoms with E-state index in [2.05, 4.69) is 0 Å². The Bertz CT molecular complexity index is 639. The molecule has 0 unspecified atom stereocenters. The van der Waals surface area contributed by atoms with Crippen molar-refractivity contribution in [2.45, 2.75) is 13.3 Å². The average molecular weight is 248 g/mol. The van der Waals surface area contributed by atoms with Crippen LogP contribution in [0.25, 0.3) is 11.1 Å². The molecule has 0 aliphatic rings. The van der Waals surface area contributed by atoms with E-state index in [0.29, 0.717) is 18.5 Å². The zero-order chi connectivity index (χ0) is 13.3. The molecule has 5 heteroatoms. The molecule has 0 radical (unpaired) electrons. The molecule has 0 N–H and O–H groups in total. The first-order valence-corrected chi connectivity index (χ1v) is 5.79. The Balaban J connectivity index is 2.29. The van der Waals surface area contributed by atoms with Crippen molar-refractivity contribution in [2.75, 3.05) is 18.5 Å². The highest BCUT2D eigenvalue weighted by atomic mass is 16.4. The van der Waals surface area contributed by atoms with Crippen molar-refractivity contribution in [3.05, 3.63) is 28.7 Å². The Morgan fingerprint density at radius 1 is 1.44 bits per heavy atom. The lowest BCUT2D eigenvalue weighted by atomic mass is 10.2. The van der Waals surface area contributed by atoms with Gasteiger partial charge in [-0.2, -0.15) is 0 Å². The lowest BCUT2D eigenvalue weighted by molar-refractivity contribution is -0.116. The van der Waals surface area contributed by atoms with Gasteiger partial charge in [0.2, 0.25) is 0 Å². The molecule has 0 saturated carbocycles. The van der Waals surface area contributed by atoms with Crippen molar-refractivity contribution < 1.29 is 9.21 Å². The summed E-state index contributed by atoms with van der Waals surface area (Å²) in [5.74, 6) is -0.206. The van der Waals surface area contributed by atoms with E-state index in [0.717, 1.165) is 11.2 Å². The van der Waals surface area contributed by atoms with Crippen LogP contribution in [0, 0.1) is 0 Å². The van der Waals surface area contributed by atoms with E-state index in [1.807, 2.05) is 30.1 Å². The molecule has 0 spiro atoms. The van der Waals surface area contributed by atoms with Crippen LogP contribution >= 0.6 is 0 Å². The van der Waals surface area contributed by atoms with Crippen LogP contribution in [0.15, 0.2) is 27.4 Å². The van der Waals surface area contributed by atoms with Crippen molar-refractivity contribution in [2.24, 2.45) is 7.05 Å². The maximum Gasteiger partial charge on any atom is 0.419 e. The summed E-state index contributed by atoms with van der Waals surface area (Å²) in [5.41, 5.74) is 2.26. The van der Waals surface area contributed by atoms with Crippen molar-refractivity contribution in [1.82, 2.24) is 4.57 Å². The van der Waals surface area contributed by atoms with Crippen LogP contribution in [0.3, 0.4) is 0 Å². The molecule has 2 rings (SSSR count). The molecule has 2 aromatic rings. The van der Waals surface area contributed by atoms with Crippen LogP contribution in [0.5, 0.6) is 0 Å². The summed E-state index contributed by atoms with van der Waals surface area (Å²) in [7, 11) is 3.58. The summed E-state index contributed by atoms with van der Waals surface area (Å²) in [6.45, 7) is 2.23. The van der Waals surface area contributed by atoms with Gasteiger partial charge >= 0.3 is 5.76 Å². The fraction of sp³-hybridized carbons (Fsp3) is 0.385. The van der Waals surface area contributed by atoms with Crippen LogP contribution in [0.4, 0.5) is 5.69 Å². The number of aromatic nitrogens is 1. The molecule has 5 nitrogen and oxygen atoms in total. The van der Waals surface area contributed by atoms with Crippen LogP contribution in [0.1, 0.15) is 13.3 Å². The van der Waals surface area contributed by atoms with Crippen LogP contribution < -0.4 is 10.7 Å². The molecule has 1 aromatic carbocycles. The Morgan fingerprint density at radius 3 is 2.83 bits per heavy atom. The Kier molecular flexibility index (Phi) is 3.23. The smallest absolute Gasteiger partial charge is 0.408 e. The first kappa shape index (κ1) is 12.4. The first-order valence-electron chi connectivity index (χ1n) is 5.79. The predicted molar refractivity (Wildman–Crippen MR) is 70.0 cm³/mol. The molecule has 18 heavy (non-hydrogen) atoms. The molecule has 0 aliphatic heterocycles. The van der Waals surface area contributed by atoms with Gasteiger partial charge in [0.15, 0.2) is 5.58 Å². The van der Waals surface area contributed by atoms with Crippen LogP contribution in [0.2, 0.25) is 0 Å². The summed E-state index contributed by atoms with van der Waals surface area (Å²) in [6.07, 6.45) is 0.507. The van der Waals surface area contributed by atoms with Gasteiger partial charge in [-0.3, -0.25) is 9.36 Å². The maximum atomic E-state index is 11.4. The molecule has 96 valence electrons. The second kappa shape index (κ2) is 4.68. The van der Waals surface area contributed by atoms with Crippen LogP contribution in [-0.2, 0) is 11.8 Å². The fourth-order valence-electron chi connectivity index (χ4n) is 1.81. The lowest BCUT2D eigenvalue weighted by Gasteiger charge is -2.18. The lowest BCUT2D eigenvalue weighted by Crippen LogP contribution is -2.20. The van der Waals surface area contributed by atoms with E-state index in [4.69, 9.17) is 4.42 Å². The third-order valence-electron chi connectivity index (χ3n) is 3.02. The summed E-state index contributed by atoms with van der Waals surface area (Å²) < 4.78 is 6.60. The number of ketones is 1. The van der Waals surface area contributed by atoms with Crippen molar-refractivity contribution >= 4 is 22.6 Å². The minimum Gasteiger partial charge on any atom is -0.408 e. The summed E-state index contributed by atoms with van der Waals surface area (Å²) >= 11 is 0. The van der Waals surface area contributed by atoms with E-state index in [-0.39, 0.29) is 11.5 Å². The number of carbonyl (C=O) groups excluding carboxylic acids is 1. The van der Waals surface area contributed by atoms with Gasteiger partial charge in [-0.05, 0) is 19.1 Å². The standard InChI is InChI=1S/C13H16N2O3/c1-9(16)6-7-14(2)10-4-5-11-12(8-10)18-13(17)15(11)3/h4-5,8H,6-7H2,1-3H3. The third kappa shape index (κ3) is 2.30. The number of Topliss-reactive ketones (excluding diaryl/α,β-unsaturated/α-hetero) is 1. The van der Waals surface area contributed by atoms with Gasteiger partial charge in [0.05, 0.1) is 5.52 Å². The van der Waals surface area contributed by atoms with E-state index < -0.39 is 0 Å². The summed E-state index contributed by atoms with van der Waals surface area (Å²) in [5, 5.41) is 0. The van der Waals surface area contributed by atoms with Gasteiger partial charge in [0.1, 0.15) is 5.78 Å². The molecule has 0 atom stereocenters. The highest BCUT2D eigenvalue weighted by molar-refractivity contribution is 5.78. The quantitative estimate of drug-likeness (QED) is 0.823. The molecular weight excluding hydrogens is 232 g/mol. The number of carbonyl (C=O) groups is 1. The molecule has 0 fully saturated rings. The second-order valence-corrected chi connectivity index (χ2v) is 4.45. The number of hydrogen-bond donors (Lipinski definition) is 0. The zero-order valence-corrected chi connectivity index (χ0v) is 10.8. The van der Waals surface area contributed by atoms with Crippen LogP contribution in [-0.4, -0.2) is 23.9 Å². The first-order chi connectivity index (χ1) is 8.49. The topological polar surface area (TPSA) is 55.5 Å². The number of rotatable bonds is 4. The van der Waals surface area contributed by atoms with Gasteiger partial charge in [-0.1, -0.05) is 0 Å². The number of nitrogens with zero attached hydrogens (tertiary/aromatic N) is 2. The SMILES string of the molecule is CC(=O)CCN(C)c1ccc2c(c1)oc(=O)n2C. The summed E-state index contributed by atoms with van der Waals surface area (Å²) in [6, 6.07) is 5.58. The Hall–Kier alpha value is -2.04. The molecular formula is C13H16N2O3. The maximum absolute atomic E-state index is 11.4. The summed E-state index contributed by atoms with van der Waals surface area (Å²) in [4.78, 5) is 24.3. The van der Waals surface area contributed by atoms with Crippen molar-refractivity contribution in [1.29, 1.82) is 0 Å². The number of hydrogen-bond acceptors (Lipinski definition) is 4. The minimum absolute atomic E-state index is 0.161. The zero-order valence-electron chi connectivity index (χ0n) is 10.8. The number of aryl methyl sites for hydroxylation is 1. The molecule has 0 saturated heterocycles. The Morgan fingerprint density at radius 2 is 2.17 bits per heavy atom. The molecule has 0 bridgehead atoms. The van der Waals surface area contributed by atoms with E-state index in [1.54, 1.807) is 14.0 Å². The highest BCUT2D eigenvalue weighted by Gasteiger charge is 2.08. The third-order valence-corrected chi connectivity index (χ3v) is 3.02. The largest absolute Gasteiger partial charge is 0.419 e. The van der Waals surface area contributed by atoms with E-state index in [9.17, 15) is 9.59 Å². The number of benzene rings is 1.